The topological polar surface area (TPSA) is 118 Å². The molecule has 4 aliphatic heterocycles. The quantitative estimate of drug-likeness (QED) is 0.425. The molecule has 0 aromatic rings. The molecule has 36 heavy (non-hydrogen) atoms. The van der Waals surface area contributed by atoms with Gasteiger partial charge in [-0.2, -0.15) is 34.1 Å². The Hall–Kier alpha value is -0.420. The molecule has 4 rings (SSSR count). The van der Waals surface area contributed by atoms with Gasteiger partial charge in [-0.15, -0.1) is 0 Å². The van der Waals surface area contributed by atoms with Gasteiger partial charge in [0.05, 0.1) is 0 Å². The van der Waals surface area contributed by atoms with Crippen molar-refractivity contribution < 1.29 is 35.8 Å². The fourth-order valence-corrected chi connectivity index (χ4v) is 9.77. The van der Waals surface area contributed by atoms with Crippen LogP contribution in [0.4, 0.5) is 0 Å². The van der Waals surface area contributed by atoms with Crippen molar-refractivity contribution in [2.45, 2.75) is 143 Å². The molecule has 0 aromatic heterocycles. The van der Waals surface area contributed by atoms with E-state index in [4.69, 9.17) is 18.9 Å². The largest absolute Gasteiger partial charge is 0.324 e. The normalized spacial score (nSPS) is 38.7. The molecule has 0 bridgehead atoms. The van der Waals surface area contributed by atoms with Crippen LogP contribution < -0.4 is 0 Å². The molecule has 4 heterocycles. The zero-order valence-electron chi connectivity index (χ0n) is 22.5. The van der Waals surface area contributed by atoms with Crippen LogP contribution in [0.2, 0.25) is 0 Å². The number of ether oxygens (including phenoxy) is 4. The van der Waals surface area contributed by atoms with Crippen molar-refractivity contribution in [2.75, 3.05) is 0 Å². The van der Waals surface area contributed by atoms with Gasteiger partial charge in [0, 0.05) is 24.2 Å². The van der Waals surface area contributed by atoms with Gasteiger partial charge < -0.3 is 18.9 Å². The maximum absolute atomic E-state index is 13.4. The zero-order valence-corrected chi connectivity index (χ0v) is 24.1. The average Bonchev–Trinajstić information content (AvgIpc) is 3.52. The van der Waals surface area contributed by atoms with Crippen LogP contribution in [0, 0.1) is 0 Å². The molecule has 0 aliphatic carbocycles. The molecule has 4 aliphatic rings. The third kappa shape index (κ3) is 4.25. The molecule has 0 spiro atoms. The van der Waals surface area contributed by atoms with Crippen LogP contribution in [0.25, 0.3) is 0 Å². The summed E-state index contributed by atoms with van der Waals surface area (Å²) >= 11 is 0. The van der Waals surface area contributed by atoms with Crippen molar-refractivity contribution in [3.05, 3.63) is 0 Å². The minimum Gasteiger partial charge on any atom is -0.324 e. The highest BCUT2D eigenvalue weighted by Crippen LogP contribution is 2.45. The van der Waals surface area contributed by atoms with E-state index >= 15 is 0 Å². The molecular weight excluding hydrogens is 512 g/mol. The second-order valence-corrected chi connectivity index (χ2v) is 13.7. The first-order valence-electron chi connectivity index (χ1n) is 13.1. The Morgan fingerprint density at radius 2 is 0.694 bits per heavy atom. The van der Waals surface area contributed by atoms with E-state index in [2.05, 4.69) is 0 Å². The van der Waals surface area contributed by atoms with Gasteiger partial charge >= 0.3 is 0 Å². The zero-order chi connectivity index (χ0) is 26.7. The van der Waals surface area contributed by atoms with E-state index < -0.39 is 57.9 Å². The summed E-state index contributed by atoms with van der Waals surface area (Å²) in [5.41, 5.74) is 0. The maximum Gasteiger partial charge on any atom is 0.287 e. The van der Waals surface area contributed by atoms with E-state index in [0.29, 0.717) is 25.7 Å². The van der Waals surface area contributed by atoms with Gasteiger partial charge in [0.25, 0.3) is 20.4 Å². The predicted molar refractivity (Wildman–Crippen MR) is 131 cm³/mol. The Labute approximate surface area is 216 Å². The Kier molecular flexibility index (Phi) is 8.16. The van der Waals surface area contributed by atoms with Gasteiger partial charge in [0.2, 0.25) is 12.6 Å². The van der Waals surface area contributed by atoms with E-state index in [9.17, 15) is 16.8 Å². The number of hydrogen-bond donors (Lipinski definition) is 0. The maximum atomic E-state index is 13.4. The summed E-state index contributed by atoms with van der Waals surface area (Å²) in [7, 11) is -7.59. The summed E-state index contributed by atoms with van der Waals surface area (Å²) in [5, 5.41) is 0. The molecular formula is C22H42N4O8S2. The van der Waals surface area contributed by atoms with Crippen LogP contribution in [-0.4, -0.2) is 95.7 Å². The van der Waals surface area contributed by atoms with Crippen LogP contribution >= 0.6 is 0 Å². The first-order chi connectivity index (χ1) is 16.9. The lowest BCUT2D eigenvalue weighted by Gasteiger charge is -2.32. The molecule has 0 saturated carbocycles. The first-order valence-corrected chi connectivity index (χ1v) is 15.9. The standard InChI is InChI=1S/C22H42N4O8S2/c1-9-13(5)23-17-18(24(14(6)10-2)35(23,27)28)32-21(31-17)22-33-19-20(34-22)26(16(8)12-4)36(29,30)25(19)15(7)11-3/h13-22H,9-12H2,1-8H3/t13-,14-,15+,16+,17-,18+,19-,20-,21?/m1/s1. The molecule has 9 atom stereocenters. The van der Waals surface area contributed by atoms with Crippen molar-refractivity contribution in [2.24, 2.45) is 0 Å². The Morgan fingerprint density at radius 3 is 0.861 bits per heavy atom. The molecule has 14 heteroatoms. The highest BCUT2D eigenvalue weighted by Gasteiger charge is 2.65. The van der Waals surface area contributed by atoms with E-state index in [-0.39, 0.29) is 24.2 Å². The molecule has 12 nitrogen and oxygen atoms in total. The van der Waals surface area contributed by atoms with E-state index in [1.807, 2.05) is 55.4 Å². The smallest absolute Gasteiger partial charge is 0.287 e. The fourth-order valence-electron chi connectivity index (χ4n) is 5.26. The Bertz CT molecular complexity index is 870. The summed E-state index contributed by atoms with van der Waals surface area (Å²) in [6.45, 7) is 15.1. The molecule has 4 fully saturated rings. The van der Waals surface area contributed by atoms with E-state index in [1.54, 1.807) is 0 Å². The van der Waals surface area contributed by atoms with Crippen LogP contribution in [0.1, 0.15) is 81.1 Å². The minimum absolute atomic E-state index is 0.296. The Morgan fingerprint density at radius 1 is 0.500 bits per heavy atom. The van der Waals surface area contributed by atoms with Gasteiger partial charge in [-0.1, -0.05) is 27.7 Å². The van der Waals surface area contributed by atoms with Gasteiger partial charge in [-0.25, -0.2) is 0 Å². The minimum atomic E-state index is -3.79. The van der Waals surface area contributed by atoms with E-state index in [0.717, 1.165) is 0 Å². The molecule has 0 amide bonds. The highest BCUT2D eigenvalue weighted by molar-refractivity contribution is 7.87. The highest BCUT2D eigenvalue weighted by atomic mass is 32.2. The van der Waals surface area contributed by atoms with Gasteiger partial charge in [-0.3, -0.25) is 0 Å². The van der Waals surface area contributed by atoms with Crippen LogP contribution in [0.15, 0.2) is 0 Å². The molecule has 4 saturated heterocycles. The summed E-state index contributed by atoms with van der Waals surface area (Å²) < 4.78 is 83.9. The van der Waals surface area contributed by atoms with Crippen molar-refractivity contribution in [3.8, 4) is 0 Å². The van der Waals surface area contributed by atoms with Gasteiger partial charge in [0.15, 0.2) is 24.9 Å². The second-order valence-electron chi connectivity index (χ2n) is 10.2. The van der Waals surface area contributed by atoms with E-state index in [1.165, 1.54) is 17.2 Å². The monoisotopic (exact) mass is 554 g/mol. The van der Waals surface area contributed by atoms with Crippen molar-refractivity contribution >= 4 is 20.4 Å². The number of rotatable bonds is 9. The third-order valence-electron chi connectivity index (χ3n) is 7.97. The number of fused-ring (bicyclic) bond motifs is 2. The molecule has 0 aromatic carbocycles. The fraction of sp³-hybridized carbons (Fsp3) is 1.00. The molecule has 0 radical (unpaired) electrons. The SMILES string of the molecule is CC[C@@H](C)N1[C@@H]2OC(C3O[C@@H]4[C@@H](O3)N([C@@H](C)CC)S(=O)(=O)N4[C@@H](C)CC)O[C@@H]2N([C@H](C)CC)S1(=O)=O. The van der Waals surface area contributed by atoms with Crippen molar-refractivity contribution in [1.29, 1.82) is 0 Å². The van der Waals surface area contributed by atoms with Crippen molar-refractivity contribution in [1.82, 2.24) is 17.2 Å². The lowest BCUT2D eigenvalue weighted by atomic mass is 10.2. The van der Waals surface area contributed by atoms with Gasteiger partial charge in [0.1, 0.15) is 0 Å². The summed E-state index contributed by atoms with van der Waals surface area (Å²) in [6.07, 6.45) is -3.00. The van der Waals surface area contributed by atoms with Crippen LogP contribution in [-0.2, 0) is 39.4 Å². The summed E-state index contributed by atoms with van der Waals surface area (Å²) in [4.78, 5) is 0. The predicted octanol–water partition coefficient (Wildman–Crippen LogP) is 1.96. The lowest BCUT2D eigenvalue weighted by Crippen LogP contribution is -2.48. The van der Waals surface area contributed by atoms with Gasteiger partial charge in [-0.05, 0) is 53.4 Å². The summed E-state index contributed by atoms with van der Waals surface area (Å²) in [6, 6.07) is -1.18. The number of hydrogen-bond acceptors (Lipinski definition) is 8. The second kappa shape index (κ2) is 10.3. The van der Waals surface area contributed by atoms with Crippen LogP contribution in [0.5, 0.6) is 0 Å². The van der Waals surface area contributed by atoms with Crippen molar-refractivity contribution in [3.63, 3.8) is 0 Å². The Balaban J connectivity index is 1.62. The first kappa shape index (κ1) is 28.6. The average molecular weight is 555 g/mol. The summed E-state index contributed by atoms with van der Waals surface area (Å²) in [5.74, 6) is 0. The third-order valence-corrected chi connectivity index (χ3v) is 12.4. The molecule has 210 valence electrons. The molecule has 1 unspecified atom stereocenters. The molecule has 0 N–H and O–H groups in total. The number of nitrogens with zero attached hydrogens (tertiary/aromatic N) is 4. The van der Waals surface area contributed by atoms with Crippen LogP contribution in [0.3, 0.4) is 0 Å². The lowest BCUT2D eigenvalue weighted by molar-refractivity contribution is -0.240.